The Bertz CT molecular complexity index is 703. The van der Waals surface area contributed by atoms with E-state index in [0.29, 0.717) is 11.3 Å². The number of H-pyrrole nitrogens is 1. The predicted octanol–water partition coefficient (Wildman–Crippen LogP) is 2.07. The van der Waals surface area contributed by atoms with Crippen molar-refractivity contribution in [2.24, 2.45) is 0 Å². The van der Waals surface area contributed by atoms with Gasteiger partial charge in [-0.15, -0.1) is 0 Å². The van der Waals surface area contributed by atoms with Gasteiger partial charge in [0.1, 0.15) is 11.4 Å². The van der Waals surface area contributed by atoms with Crippen LogP contribution in [-0.4, -0.2) is 16.9 Å². The number of aromatic nitrogens is 1. The molecular weight excluding hydrogens is 259 g/mol. The van der Waals surface area contributed by atoms with Crippen molar-refractivity contribution in [1.82, 2.24) is 10.3 Å². The smallest absolute Gasteiger partial charge is 0.261 e. The van der Waals surface area contributed by atoms with Gasteiger partial charge in [0.15, 0.2) is 0 Å². The molecule has 0 unspecified atom stereocenters. The highest BCUT2D eigenvalue weighted by Gasteiger charge is 2.24. The second-order valence-electron chi connectivity index (χ2n) is 4.87. The molecule has 20 heavy (non-hydrogen) atoms. The van der Waals surface area contributed by atoms with Crippen LogP contribution in [0.5, 0.6) is 0 Å². The van der Waals surface area contributed by atoms with Gasteiger partial charge in [0.05, 0.1) is 0 Å². The van der Waals surface area contributed by atoms with Crippen molar-refractivity contribution < 1.29 is 9.18 Å². The lowest BCUT2D eigenvalue weighted by Crippen LogP contribution is -2.31. The van der Waals surface area contributed by atoms with Gasteiger partial charge in [-0.3, -0.25) is 9.59 Å². The molecule has 1 fully saturated rings. The van der Waals surface area contributed by atoms with Crippen LogP contribution in [0.3, 0.4) is 0 Å². The summed E-state index contributed by atoms with van der Waals surface area (Å²) in [5, 5.41) is 2.77. The van der Waals surface area contributed by atoms with Gasteiger partial charge in [0.25, 0.3) is 11.5 Å². The molecule has 0 radical (unpaired) electrons. The maximum atomic E-state index is 12.9. The Balaban J connectivity index is 1.88. The molecule has 2 aromatic rings. The fourth-order valence-corrected chi connectivity index (χ4v) is 1.94. The van der Waals surface area contributed by atoms with Crippen molar-refractivity contribution in [2.75, 3.05) is 0 Å². The highest BCUT2D eigenvalue weighted by atomic mass is 19.1. The van der Waals surface area contributed by atoms with Crippen LogP contribution >= 0.6 is 0 Å². The Kier molecular flexibility index (Phi) is 3.10. The number of carbonyl (C=O) groups is 1. The number of hydrogen-bond acceptors (Lipinski definition) is 2. The van der Waals surface area contributed by atoms with E-state index in [1.54, 1.807) is 18.2 Å². The molecule has 0 saturated heterocycles. The molecule has 3 rings (SSSR count). The molecule has 5 heteroatoms. The number of benzene rings is 1. The zero-order valence-electron chi connectivity index (χ0n) is 10.7. The maximum absolute atomic E-state index is 12.9. The number of aromatic amines is 1. The van der Waals surface area contributed by atoms with Crippen LogP contribution in [0.25, 0.3) is 11.3 Å². The van der Waals surface area contributed by atoms with Crippen molar-refractivity contribution in [3.05, 3.63) is 58.1 Å². The molecule has 4 nitrogen and oxygen atoms in total. The van der Waals surface area contributed by atoms with Crippen LogP contribution in [0.2, 0.25) is 0 Å². The van der Waals surface area contributed by atoms with Gasteiger partial charge < -0.3 is 10.3 Å². The highest BCUT2D eigenvalue weighted by molar-refractivity contribution is 5.94. The first-order chi connectivity index (χ1) is 9.63. The van der Waals surface area contributed by atoms with E-state index in [-0.39, 0.29) is 23.3 Å². The standard InChI is InChI=1S/C15H13FN2O2/c16-10-3-1-9(2-4-10)13-8-7-12(15(20)18-13)14(19)17-11-5-6-11/h1-4,7-8,11H,5-6H2,(H,17,19)(H,18,20). The molecule has 102 valence electrons. The van der Waals surface area contributed by atoms with E-state index in [0.717, 1.165) is 12.8 Å². The maximum Gasteiger partial charge on any atom is 0.261 e. The normalized spacial score (nSPS) is 14.1. The lowest BCUT2D eigenvalue weighted by molar-refractivity contribution is 0.0949. The Morgan fingerprint density at radius 2 is 1.85 bits per heavy atom. The Morgan fingerprint density at radius 3 is 2.45 bits per heavy atom. The molecule has 2 N–H and O–H groups in total. The fraction of sp³-hybridized carbons (Fsp3) is 0.200. The lowest BCUT2D eigenvalue weighted by atomic mass is 10.1. The molecular formula is C15H13FN2O2. The summed E-state index contributed by atoms with van der Waals surface area (Å²) in [7, 11) is 0. The molecule has 1 aliphatic carbocycles. The van der Waals surface area contributed by atoms with Crippen LogP contribution in [0.1, 0.15) is 23.2 Å². The SMILES string of the molecule is O=C(NC1CC1)c1ccc(-c2ccc(F)cc2)[nH]c1=O. The third-order valence-corrected chi connectivity index (χ3v) is 3.22. The van der Waals surface area contributed by atoms with Gasteiger partial charge in [0, 0.05) is 11.7 Å². The number of halogens is 1. The minimum atomic E-state index is -0.440. The van der Waals surface area contributed by atoms with Crippen LogP contribution < -0.4 is 10.9 Å². The number of nitrogens with one attached hydrogen (secondary N) is 2. The molecule has 1 aliphatic rings. The van der Waals surface area contributed by atoms with Crippen molar-refractivity contribution in [2.45, 2.75) is 18.9 Å². The van der Waals surface area contributed by atoms with E-state index in [4.69, 9.17) is 0 Å². The minimum Gasteiger partial charge on any atom is -0.349 e. The zero-order chi connectivity index (χ0) is 14.1. The third kappa shape index (κ3) is 2.61. The molecule has 1 aromatic carbocycles. The number of rotatable bonds is 3. The summed E-state index contributed by atoms with van der Waals surface area (Å²) < 4.78 is 12.9. The quantitative estimate of drug-likeness (QED) is 0.898. The number of amides is 1. The first kappa shape index (κ1) is 12.6. The molecule has 1 saturated carbocycles. The monoisotopic (exact) mass is 272 g/mol. The number of pyridine rings is 1. The van der Waals surface area contributed by atoms with Gasteiger partial charge >= 0.3 is 0 Å². The fourth-order valence-electron chi connectivity index (χ4n) is 1.94. The Morgan fingerprint density at radius 1 is 1.15 bits per heavy atom. The summed E-state index contributed by atoms with van der Waals surface area (Å²) in [5.41, 5.74) is 0.906. The molecule has 0 atom stereocenters. The predicted molar refractivity (Wildman–Crippen MR) is 72.9 cm³/mol. The van der Waals surface area contributed by atoms with Gasteiger partial charge in [-0.2, -0.15) is 0 Å². The van der Waals surface area contributed by atoms with Gasteiger partial charge in [-0.25, -0.2) is 4.39 Å². The van der Waals surface area contributed by atoms with Crippen molar-refractivity contribution in [3.8, 4) is 11.3 Å². The van der Waals surface area contributed by atoms with Crippen LogP contribution in [0.15, 0.2) is 41.2 Å². The van der Waals surface area contributed by atoms with Gasteiger partial charge in [0.2, 0.25) is 0 Å². The first-order valence-corrected chi connectivity index (χ1v) is 6.43. The summed E-state index contributed by atoms with van der Waals surface area (Å²) >= 11 is 0. The molecule has 1 heterocycles. The topological polar surface area (TPSA) is 62.0 Å². The zero-order valence-corrected chi connectivity index (χ0v) is 10.7. The Labute approximate surface area is 114 Å². The summed E-state index contributed by atoms with van der Waals surface area (Å²) in [4.78, 5) is 26.4. The van der Waals surface area contributed by atoms with E-state index >= 15 is 0 Å². The number of carbonyl (C=O) groups excluding carboxylic acids is 1. The van der Waals surface area contributed by atoms with E-state index in [1.807, 2.05) is 0 Å². The van der Waals surface area contributed by atoms with Crippen LogP contribution in [0, 0.1) is 5.82 Å². The second kappa shape index (κ2) is 4.92. The molecule has 1 aromatic heterocycles. The highest BCUT2D eigenvalue weighted by Crippen LogP contribution is 2.19. The summed E-state index contributed by atoms with van der Waals surface area (Å²) in [6.07, 6.45) is 1.94. The van der Waals surface area contributed by atoms with Gasteiger partial charge in [-0.1, -0.05) is 0 Å². The van der Waals surface area contributed by atoms with E-state index in [2.05, 4.69) is 10.3 Å². The van der Waals surface area contributed by atoms with Crippen LogP contribution in [0.4, 0.5) is 4.39 Å². The molecule has 1 amide bonds. The van der Waals surface area contributed by atoms with E-state index < -0.39 is 5.56 Å². The summed E-state index contributed by atoms with van der Waals surface area (Å²) in [6, 6.07) is 9.14. The second-order valence-corrected chi connectivity index (χ2v) is 4.87. The van der Waals surface area contributed by atoms with Crippen LogP contribution in [-0.2, 0) is 0 Å². The molecule has 0 bridgehead atoms. The largest absolute Gasteiger partial charge is 0.349 e. The van der Waals surface area contributed by atoms with Gasteiger partial charge in [-0.05, 0) is 54.8 Å². The minimum absolute atomic E-state index is 0.0998. The van der Waals surface area contributed by atoms with Crippen molar-refractivity contribution >= 4 is 5.91 Å². The lowest BCUT2D eigenvalue weighted by Gasteiger charge is -2.05. The summed E-state index contributed by atoms with van der Waals surface area (Å²) in [6.45, 7) is 0. The van der Waals surface area contributed by atoms with E-state index in [9.17, 15) is 14.0 Å². The number of hydrogen-bond donors (Lipinski definition) is 2. The van der Waals surface area contributed by atoms with Crippen molar-refractivity contribution in [3.63, 3.8) is 0 Å². The Hall–Kier alpha value is -2.43. The summed E-state index contributed by atoms with van der Waals surface area (Å²) in [5.74, 6) is -0.684. The molecule has 0 spiro atoms. The third-order valence-electron chi connectivity index (χ3n) is 3.22. The van der Waals surface area contributed by atoms with Crippen molar-refractivity contribution in [1.29, 1.82) is 0 Å². The average Bonchev–Trinajstić information content (AvgIpc) is 3.23. The first-order valence-electron chi connectivity index (χ1n) is 6.43. The van der Waals surface area contributed by atoms with E-state index in [1.165, 1.54) is 18.2 Å². The average molecular weight is 272 g/mol. The molecule has 0 aliphatic heterocycles.